The van der Waals surface area contributed by atoms with Crippen LogP contribution >= 0.6 is 0 Å². The molecule has 1 heteroatoms. The molecule has 0 radical (unpaired) electrons. The first-order valence-corrected chi connectivity index (χ1v) is 6.69. The predicted octanol–water partition coefficient (Wildman–Crippen LogP) is 3.47. The Bertz CT molecular complexity index is 745. The van der Waals surface area contributed by atoms with Gasteiger partial charge in [0.25, 0.3) is 0 Å². The third kappa shape index (κ3) is 2.01. The van der Waals surface area contributed by atoms with Crippen molar-refractivity contribution in [3.63, 3.8) is 0 Å². The summed E-state index contributed by atoms with van der Waals surface area (Å²) in [7, 11) is 0. The van der Waals surface area contributed by atoms with Crippen LogP contribution in [0.5, 0.6) is 0 Å². The Morgan fingerprint density at radius 3 is 2.05 bits per heavy atom. The summed E-state index contributed by atoms with van der Waals surface area (Å²) in [5, 5.41) is 0. The number of rotatable bonds is 1. The average molecular weight is 319 g/mol. The maximum absolute atomic E-state index is 2.24. The molecule has 0 saturated carbocycles. The molecule has 3 aromatic rings. The fourth-order valence-electron chi connectivity index (χ4n) is 3.05. The van der Waals surface area contributed by atoms with E-state index >= 15 is 0 Å². The second-order valence-electron chi connectivity index (χ2n) is 5.03. The van der Waals surface area contributed by atoms with Gasteiger partial charge in [0.05, 0.1) is 0 Å². The summed E-state index contributed by atoms with van der Waals surface area (Å²) in [5.74, 6) is 0. The number of hydrogen-bond acceptors (Lipinski definition) is 0. The molecule has 0 heterocycles. The Balaban J connectivity index is 0.00000121. The van der Waals surface area contributed by atoms with Crippen molar-refractivity contribution in [3.05, 3.63) is 83.9 Å². The van der Waals surface area contributed by atoms with Crippen LogP contribution in [0.2, 0.25) is 0 Å². The summed E-state index contributed by atoms with van der Waals surface area (Å²) in [5.41, 5.74) is 8.39. The van der Waals surface area contributed by atoms with Gasteiger partial charge in [-0.3, -0.25) is 0 Å². The second-order valence-corrected chi connectivity index (χ2v) is 5.03. The first-order valence-electron chi connectivity index (χ1n) is 6.69. The summed E-state index contributed by atoms with van der Waals surface area (Å²) < 4.78 is 0. The minimum absolute atomic E-state index is 0. The monoisotopic (exact) mass is 320 g/mol. The molecule has 0 spiro atoms. The Kier molecular flexibility index (Phi) is 3.49. The van der Waals surface area contributed by atoms with Crippen molar-refractivity contribution in [2.45, 2.75) is 6.42 Å². The zero-order valence-electron chi connectivity index (χ0n) is 10.6. The van der Waals surface area contributed by atoms with Crippen LogP contribution in [-0.4, -0.2) is 17.6 Å². The van der Waals surface area contributed by atoms with E-state index in [4.69, 9.17) is 0 Å². The van der Waals surface area contributed by atoms with E-state index in [1.807, 2.05) is 0 Å². The van der Waals surface area contributed by atoms with Gasteiger partial charge in [-0.2, -0.15) is 0 Å². The normalized spacial score (nSPS) is 11.4. The van der Waals surface area contributed by atoms with Crippen molar-refractivity contribution in [2.75, 3.05) is 0 Å². The Labute approximate surface area is 130 Å². The second kappa shape index (κ2) is 5.30. The maximum Gasteiger partial charge on any atom is -0.000729 e. The molecule has 0 N–H and O–H groups in total. The molecule has 0 atom stereocenters. The molecule has 0 nitrogen and oxygen atoms in total. The quantitative estimate of drug-likeness (QED) is 0.471. The molecule has 0 bridgehead atoms. The van der Waals surface area contributed by atoms with E-state index in [0.717, 1.165) is 6.42 Å². The molecule has 98 valence electrons. The molecular weight excluding hydrogens is 301 g/mol. The SMILES string of the molecule is [GeH4].c1ccc(-c2cccc3c2Cc2ccccc2-3)cc1. The topological polar surface area (TPSA) is 0 Å². The third-order valence-electron chi connectivity index (χ3n) is 3.94. The first kappa shape index (κ1) is 13.2. The molecule has 0 fully saturated rings. The van der Waals surface area contributed by atoms with Crippen molar-refractivity contribution in [1.82, 2.24) is 0 Å². The molecule has 3 aromatic carbocycles. The molecule has 0 amide bonds. The predicted molar refractivity (Wildman–Crippen MR) is 91.5 cm³/mol. The molecule has 4 rings (SSSR count). The summed E-state index contributed by atoms with van der Waals surface area (Å²) >= 11 is 0. The number of fused-ring (bicyclic) bond motifs is 3. The minimum Gasteiger partial charge on any atom is -0.0622 e. The van der Waals surface area contributed by atoms with Crippen molar-refractivity contribution in [2.24, 2.45) is 0 Å². The zero-order chi connectivity index (χ0) is 12.7. The van der Waals surface area contributed by atoms with Gasteiger partial charge in [0.2, 0.25) is 0 Å². The average Bonchev–Trinajstić information content (AvgIpc) is 2.87. The van der Waals surface area contributed by atoms with E-state index < -0.39 is 0 Å². The van der Waals surface area contributed by atoms with Crippen LogP contribution in [0.4, 0.5) is 0 Å². The number of hydrogen-bond donors (Lipinski definition) is 0. The van der Waals surface area contributed by atoms with Crippen LogP contribution in [0.1, 0.15) is 11.1 Å². The van der Waals surface area contributed by atoms with Crippen LogP contribution in [0.3, 0.4) is 0 Å². The van der Waals surface area contributed by atoms with Gasteiger partial charge in [0.15, 0.2) is 0 Å². The molecular formula is C19H18Ge. The van der Waals surface area contributed by atoms with Gasteiger partial charge in [0, 0.05) is 0 Å². The van der Waals surface area contributed by atoms with E-state index in [0.29, 0.717) is 0 Å². The van der Waals surface area contributed by atoms with E-state index in [2.05, 4.69) is 72.8 Å². The smallest absolute Gasteiger partial charge is 0.000729 e. The van der Waals surface area contributed by atoms with Gasteiger partial charge in [-0.15, -0.1) is 0 Å². The summed E-state index contributed by atoms with van der Waals surface area (Å²) in [6, 6.07) is 26.1. The van der Waals surface area contributed by atoms with Gasteiger partial charge in [-0.25, -0.2) is 0 Å². The van der Waals surface area contributed by atoms with Gasteiger partial charge in [-0.1, -0.05) is 72.8 Å². The maximum atomic E-state index is 2.24. The molecule has 0 aromatic heterocycles. The van der Waals surface area contributed by atoms with Crippen LogP contribution in [0.15, 0.2) is 72.8 Å². The standard InChI is InChI=1S/C19H14.GeH4/c1-2-7-14(8-3-1)16-11-6-12-18-17-10-5-4-9-15(17)13-19(16)18;/h1-12H,13H2;1H4. The summed E-state index contributed by atoms with van der Waals surface area (Å²) in [6.45, 7) is 0. The van der Waals surface area contributed by atoms with Gasteiger partial charge in [0.1, 0.15) is 0 Å². The summed E-state index contributed by atoms with van der Waals surface area (Å²) in [4.78, 5) is 0. The largest absolute Gasteiger partial charge is 0.0622 e. The van der Waals surface area contributed by atoms with Crippen molar-refractivity contribution >= 4 is 17.6 Å². The van der Waals surface area contributed by atoms with Crippen LogP contribution in [0, 0.1) is 0 Å². The molecule has 1 aliphatic carbocycles. The van der Waals surface area contributed by atoms with E-state index in [9.17, 15) is 0 Å². The van der Waals surface area contributed by atoms with Crippen molar-refractivity contribution < 1.29 is 0 Å². The molecule has 0 unspecified atom stereocenters. The fraction of sp³-hybridized carbons (Fsp3) is 0.0526. The summed E-state index contributed by atoms with van der Waals surface area (Å²) in [6.07, 6.45) is 1.05. The van der Waals surface area contributed by atoms with Crippen molar-refractivity contribution in [1.29, 1.82) is 0 Å². The van der Waals surface area contributed by atoms with Crippen LogP contribution in [-0.2, 0) is 6.42 Å². The van der Waals surface area contributed by atoms with Crippen molar-refractivity contribution in [3.8, 4) is 22.3 Å². The van der Waals surface area contributed by atoms with Crippen LogP contribution in [0.25, 0.3) is 22.3 Å². The third-order valence-corrected chi connectivity index (χ3v) is 3.94. The molecule has 0 aliphatic heterocycles. The molecule has 0 saturated heterocycles. The van der Waals surface area contributed by atoms with Gasteiger partial charge < -0.3 is 0 Å². The minimum atomic E-state index is 0. The Morgan fingerprint density at radius 2 is 1.20 bits per heavy atom. The fourth-order valence-corrected chi connectivity index (χ4v) is 3.05. The van der Waals surface area contributed by atoms with E-state index in [1.165, 1.54) is 33.4 Å². The Hall–Kier alpha value is -1.80. The van der Waals surface area contributed by atoms with E-state index in [1.54, 1.807) is 0 Å². The Morgan fingerprint density at radius 1 is 0.550 bits per heavy atom. The molecule has 1 aliphatic rings. The first-order chi connectivity index (χ1) is 9.43. The molecule has 20 heavy (non-hydrogen) atoms. The van der Waals surface area contributed by atoms with E-state index in [-0.39, 0.29) is 17.6 Å². The van der Waals surface area contributed by atoms with Crippen LogP contribution < -0.4 is 0 Å². The van der Waals surface area contributed by atoms with Gasteiger partial charge in [-0.05, 0) is 39.8 Å². The van der Waals surface area contributed by atoms with Gasteiger partial charge >= 0.3 is 17.6 Å². The number of benzene rings is 3. The zero-order valence-corrected chi connectivity index (χ0v) is 10.6.